The number of fused-ring (bicyclic) bond motifs is 1. The van der Waals surface area contributed by atoms with Crippen molar-refractivity contribution in [3.05, 3.63) is 41.1 Å². The van der Waals surface area contributed by atoms with Crippen LogP contribution in [0, 0.1) is 6.92 Å². The monoisotopic (exact) mass is 395 g/mol. The number of amides is 1. The normalized spacial score (nSPS) is 19.9. The van der Waals surface area contributed by atoms with Gasteiger partial charge >= 0.3 is 0 Å². The van der Waals surface area contributed by atoms with Crippen LogP contribution in [0.2, 0.25) is 0 Å². The molecule has 2 aliphatic heterocycles. The fourth-order valence-corrected chi connectivity index (χ4v) is 4.46. The van der Waals surface area contributed by atoms with E-state index in [4.69, 9.17) is 5.73 Å². The summed E-state index contributed by atoms with van der Waals surface area (Å²) in [5.41, 5.74) is 7.79. The summed E-state index contributed by atoms with van der Waals surface area (Å²) in [7, 11) is 0. The molecule has 2 aromatic rings. The van der Waals surface area contributed by atoms with Crippen LogP contribution in [-0.2, 0) is 15.8 Å². The minimum atomic E-state index is -1.57. The molecule has 0 aliphatic carbocycles. The molecule has 7 heteroatoms. The zero-order valence-corrected chi connectivity index (χ0v) is 17.6. The lowest BCUT2D eigenvalue weighted by Crippen LogP contribution is -2.43. The lowest BCUT2D eigenvalue weighted by molar-refractivity contribution is -0.149. The van der Waals surface area contributed by atoms with E-state index in [-0.39, 0.29) is 17.3 Å². The van der Waals surface area contributed by atoms with Crippen molar-refractivity contribution in [2.75, 3.05) is 30.3 Å². The number of carbonyl (C=O) groups excluding carboxylic acids is 1. The van der Waals surface area contributed by atoms with Crippen LogP contribution in [0.4, 0.5) is 17.5 Å². The van der Waals surface area contributed by atoms with E-state index < -0.39 is 5.60 Å². The third-order valence-corrected chi connectivity index (χ3v) is 6.16. The highest BCUT2D eigenvalue weighted by Gasteiger charge is 2.41. The van der Waals surface area contributed by atoms with Crippen LogP contribution < -0.4 is 10.6 Å². The molecule has 1 unspecified atom stereocenters. The molecule has 0 bridgehead atoms. The van der Waals surface area contributed by atoms with E-state index >= 15 is 0 Å². The molecule has 3 N–H and O–H groups in total. The second-order valence-corrected chi connectivity index (χ2v) is 9.01. The van der Waals surface area contributed by atoms with Gasteiger partial charge in [-0.05, 0) is 43.9 Å². The SMILES string of the molecule is Cc1cnc(N)nc1N1CC(C)(C)c2ccc(C(C)(O)C(=O)N3CCCC3)cc21. The number of rotatable bonds is 3. The van der Waals surface area contributed by atoms with Crippen molar-refractivity contribution >= 4 is 23.4 Å². The van der Waals surface area contributed by atoms with Crippen molar-refractivity contribution in [3.8, 4) is 0 Å². The molecular weight excluding hydrogens is 366 g/mol. The maximum absolute atomic E-state index is 13.0. The molecule has 7 nitrogen and oxygen atoms in total. The highest BCUT2D eigenvalue weighted by Crippen LogP contribution is 2.46. The molecule has 0 radical (unpaired) electrons. The number of nitrogen functional groups attached to an aromatic ring is 1. The van der Waals surface area contributed by atoms with Gasteiger partial charge in [0.05, 0.1) is 0 Å². The smallest absolute Gasteiger partial charge is 0.258 e. The van der Waals surface area contributed by atoms with Crippen LogP contribution >= 0.6 is 0 Å². The predicted octanol–water partition coefficient (Wildman–Crippen LogP) is 2.63. The lowest BCUT2D eigenvalue weighted by Gasteiger charge is -2.29. The Morgan fingerprint density at radius 2 is 1.97 bits per heavy atom. The fourth-order valence-electron chi connectivity index (χ4n) is 4.46. The van der Waals surface area contributed by atoms with Crippen molar-refractivity contribution in [1.82, 2.24) is 14.9 Å². The Bertz CT molecular complexity index is 964. The second kappa shape index (κ2) is 6.69. The van der Waals surface area contributed by atoms with Gasteiger partial charge in [0.15, 0.2) is 5.60 Å². The maximum Gasteiger partial charge on any atom is 0.258 e. The van der Waals surface area contributed by atoms with Crippen molar-refractivity contribution < 1.29 is 9.90 Å². The van der Waals surface area contributed by atoms with Crippen LogP contribution in [0.15, 0.2) is 24.4 Å². The Hall–Kier alpha value is -2.67. The number of likely N-dealkylation sites (tertiary alicyclic amines) is 1. The van der Waals surface area contributed by atoms with Crippen LogP contribution in [0.1, 0.15) is 50.3 Å². The van der Waals surface area contributed by atoms with E-state index in [9.17, 15) is 9.90 Å². The molecule has 29 heavy (non-hydrogen) atoms. The number of anilines is 3. The van der Waals surface area contributed by atoms with Crippen LogP contribution in [0.3, 0.4) is 0 Å². The van der Waals surface area contributed by atoms with Gasteiger partial charge in [-0.3, -0.25) is 4.79 Å². The second-order valence-electron chi connectivity index (χ2n) is 9.01. The number of benzene rings is 1. The number of aryl methyl sites for hydroxylation is 1. The summed E-state index contributed by atoms with van der Waals surface area (Å²) in [4.78, 5) is 25.4. The summed E-state index contributed by atoms with van der Waals surface area (Å²) in [6.45, 7) is 10.0. The molecule has 1 fully saturated rings. The third-order valence-electron chi connectivity index (χ3n) is 6.16. The Kier molecular flexibility index (Phi) is 4.53. The largest absolute Gasteiger partial charge is 0.376 e. The van der Waals surface area contributed by atoms with Gasteiger partial charge in [0, 0.05) is 42.5 Å². The molecule has 1 aromatic carbocycles. The number of nitrogens with zero attached hydrogens (tertiary/aromatic N) is 4. The van der Waals surface area contributed by atoms with Gasteiger partial charge < -0.3 is 20.6 Å². The first-order valence-corrected chi connectivity index (χ1v) is 10.1. The summed E-state index contributed by atoms with van der Waals surface area (Å²) in [5.74, 6) is 0.748. The van der Waals surface area contributed by atoms with Crippen LogP contribution in [0.25, 0.3) is 0 Å². The highest BCUT2D eigenvalue weighted by molar-refractivity contribution is 5.87. The number of hydrogen-bond acceptors (Lipinski definition) is 6. The minimum Gasteiger partial charge on any atom is -0.376 e. The maximum atomic E-state index is 13.0. The van der Waals surface area contributed by atoms with Crippen molar-refractivity contribution in [3.63, 3.8) is 0 Å². The number of hydrogen-bond donors (Lipinski definition) is 2. The number of nitrogens with two attached hydrogens (primary N) is 1. The van der Waals surface area contributed by atoms with E-state index in [1.807, 2.05) is 25.1 Å². The molecule has 1 aromatic heterocycles. The molecule has 154 valence electrons. The van der Waals surface area contributed by atoms with Gasteiger partial charge in [0.25, 0.3) is 5.91 Å². The Morgan fingerprint density at radius 3 is 2.66 bits per heavy atom. The van der Waals surface area contributed by atoms with Crippen molar-refractivity contribution in [1.29, 1.82) is 0 Å². The zero-order valence-electron chi connectivity index (χ0n) is 17.6. The van der Waals surface area contributed by atoms with E-state index in [1.165, 1.54) is 0 Å². The van der Waals surface area contributed by atoms with Gasteiger partial charge in [-0.1, -0.05) is 26.0 Å². The van der Waals surface area contributed by atoms with Crippen molar-refractivity contribution in [2.45, 2.75) is 51.6 Å². The summed E-state index contributed by atoms with van der Waals surface area (Å²) in [6.07, 6.45) is 3.70. The molecule has 1 amide bonds. The summed E-state index contributed by atoms with van der Waals surface area (Å²) in [6, 6.07) is 5.82. The first-order chi connectivity index (χ1) is 13.6. The molecule has 0 spiro atoms. The van der Waals surface area contributed by atoms with Gasteiger partial charge in [-0.2, -0.15) is 4.98 Å². The molecule has 1 saturated heterocycles. The summed E-state index contributed by atoms with van der Waals surface area (Å²) < 4.78 is 0. The summed E-state index contributed by atoms with van der Waals surface area (Å²) >= 11 is 0. The van der Waals surface area contributed by atoms with E-state index in [1.54, 1.807) is 18.0 Å². The van der Waals surface area contributed by atoms with Gasteiger partial charge in [-0.15, -0.1) is 0 Å². The summed E-state index contributed by atoms with van der Waals surface area (Å²) in [5, 5.41) is 11.2. The first kappa shape index (κ1) is 19.6. The quantitative estimate of drug-likeness (QED) is 0.829. The minimum absolute atomic E-state index is 0.106. The number of aromatic nitrogens is 2. The first-order valence-electron chi connectivity index (χ1n) is 10.1. The van der Waals surface area contributed by atoms with E-state index in [2.05, 4.69) is 28.7 Å². The van der Waals surface area contributed by atoms with Crippen LogP contribution in [-0.4, -0.2) is 45.5 Å². The molecule has 1 atom stereocenters. The molecule has 0 saturated carbocycles. The van der Waals surface area contributed by atoms with E-state index in [0.29, 0.717) is 18.7 Å². The molecule has 3 heterocycles. The fraction of sp³-hybridized carbons (Fsp3) is 0.500. The van der Waals surface area contributed by atoms with Gasteiger partial charge in [0.1, 0.15) is 5.82 Å². The Balaban J connectivity index is 1.78. The lowest BCUT2D eigenvalue weighted by atomic mass is 9.85. The molecule has 2 aliphatic rings. The van der Waals surface area contributed by atoms with Crippen molar-refractivity contribution in [2.24, 2.45) is 0 Å². The topological polar surface area (TPSA) is 95.6 Å². The zero-order chi connectivity index (χ0) is 21.0. The van der Waals surface area contributed by atoms with Crippen LogP contribution in [0.5, 0.6) is 0 Å². The van der Waals surface area contributed by atoms with E-state index in [0.717, 1.165) is 42.0 Å². The average Bonchev–Trinajstić information content (AvgIpc) is 3.29. The number of aliphatic hydroxyl groups is 1. The predicted molar refractivity (Wildman–Crippen MR) is 113 cm³/mol. The number of carbonyl (C=O) groups is 1. The third kappa shape index (κ3) is 3.23. The molecule has 4 rings (SSSR count). The Labute approximate surface area is 171 Å². The molecular formula is C22H29N5O2. The van der Waals surface area contributed by atoms with Gasteiger partial charge in [0.2, 0.25) is 5.95 Å². The standard InChI is InChI=1S/C22H29N5O2/c1-14-12-24-20(23)25-18(14)27-13-21(2,3)16-8-7-15(11-17(16)27)22(4,29)19(28)26-9-5-6-10-26/h7-8,11-12,29H,5-6,9-10,13H2,1-4H3,(H2,23,24,25). The Morgan fingerprint density at radius 1 is 1.28 bits per heavy atom. The van der Waals surface area contributed by atoms with Gasteiger partial charge in [-0.25, -0.2) is 4.98 Å². The average molecular weight is 396 g/mol. The highest BCUT2D eigenvalue weighted by atomic mass is 16.3.